The first kappa shape index (κ1) is 15.3. The van der Waals surface area contributed by atoms with Gasteiger partial charge >= 0.3 is 0 Å². The second-order valence-electron chi connectivity index (χ2n) is 5.84. The van der Waals surface area contributed by atoms with Gasteiger partial charge in [0.05, 0.1) is 6.61 Å². The van der Waals surface area contributed by atoms with E-state index in [-0.39, 0.29) is 0 Å². The van der Waals surface area contributed by atoms with Crippen molar-refractivity contribution in [1.29, 1.82) is 0 Å². The van der Waals surface area contributed by atoms with Crippen LogP contribution in [0.25, 0.3) is 0 Å². The van der Waals surface area contributed by atoms with Crippen molar-refractivity contribution in [3.63, 3.8) is 0 Å². The Hall–Kier alpha value is -1.06. The zero-order chi connectivity index (χ0) is 14.4. The van der Waals surface area contributed by atoms with E-state index in [1.807, 2.05) is 6.92 Å². The van der Waals surface area contributed by atoms with Crippen LogP contribution < -0.4 is 5.32 Å². The zero-order valence-electron chi connectivity index (χ0n) is 13.1. The molecule has 0 unspecified atom stereocenters. The van der Waals surface area contributed by atoms with Crippen molar-refractivity contribution in [2.24, 2.45) is 0 Å². The fraction of sp³-hybridized carbons (Fsp3) is 0.647. The number of anilines is 1. The Morgan fingerprint density at radius 3 is 2.60 bits per heavy atom. The zero-order valence-corrected chi connectivity index (χ0v) is 13.1. The highest BCUT2D eigenvalue weighted by Crippen LogP contribution is 2.21. The van der Waals surface area contributed by atoms with E-state index in [2.05, 4.69) is 48.3 Å². The molecule has 2 rings (SSSR count). The summed E-state index contributed by atoms with van der Waals surface area (Å²) in [5, 5.41) is 3.71. The normalized spacial score (nSPS) is 17.6. The highest BCUT2D eigenvalue weighted by atomic mass is 16.5. The molecule has 112 valence electrons. The number of hydrogen-bond acceptors (Lipinski definition) is 3. The standard InChI is InChI=1S/C17H28N2O/c1-4-20-13-15-7-5-6-8-17(15)18-16-9-11-19(12-10-16)14(2)3/h5-8,14,16,18H,4,9-13H2,1-3H3. The maximum Gasteiger partial charge on any atom is 0.0736 e. The molecule has 20 heavy (non-hydrogen) atoms. The summed E-state index contributed by atoms with van der Waals surface area (Å²) in [6.45, 7) is 10.5. The summed E-state index contributed by atoms with van der Waals surface area (Å²) in [5.41, 5.74) is 2.50. The molecule has 1 fully saturated rings. The smallest absolute Gasteiger partial charge is 0.0736 e. The quantitative estimate of drug-likeness (QED) is 0.860. The lowest BCUT2D eigenvalue weighted by Crippen LogP contribution is -2.42. The van der Waals surface area contributed by atoms with Gasteiger partial charge in [0.25, 0.3) is 0 Å². The Morgan fingerprint density at radius 1 is 1.25 bits per heavy atom. The van der Waals surface area contributed by atoms with Crippen molar-refractivity contribution in [3.05, 3.63) is 29.8 Å². The van der Waals surface area contributed by atoms with Gasteiger partial charge < -0.3 is 15.0 Å². The first-order valence-corrected chi connectivity index (χ1v) is 7.87. The summed E-state index contributed by atoms with van der Waals surface area (Å²) in [5.74, 6) is 0. The molecule has 0 atom stereocenters. The topological polar surface area (TPSA) is 24.5 Å². The molecule has 0 saturated carbocycles. The number of ether oxygens (including phenoxy) is 1. The molecule has 1 aromatic carbocycles. The molecule has 0 spiro atoms. The lowest BCUT2D eigenvalue weighted by molar-refractivity contribution is 0.134. The Bertz CT molecular complexity index is 398. The molecule has 0 amide bonds. The summed E-state index contributed by atoms with van der Waals surface area (Å²) in [7, 11) is 0. The molecule has 1 aliphatic rings. The summed E-state index contributed by atoms with van der Waals surface area (Å²) < 4.78 is 5.55. The first-order valence-electron chi connectivity index (χ1n) is 7.87. The summed E-state index contributed by atoms with van der Waals surface area (Å²) in [6.07, 6.45) is 2.45. The van der Waals surface area contributed by atoms with E-state index >= 15 is 0 Å². The van der Waals surface area contributed by atoms with Crippen LogP contribution in [0.3, 0.4) is 0 Å². The van der Waals surface area contributed by atoms with Gasteiger partial charge in [-0.1, -0.05) is 18.2 Å². The highest BCUT2D eigenvalue weighted by molar-refractivity contribution is 5.51. The van der Waals surface area contributed by atoms with Crippen LogP contribution in [0.5, 0.6) is 0 Å². The molecule has 1 saturated heterocycles. The molecule has 1 aromatic rings. The third-order valence-electron chi connectivity index (χ3n) is 4.10. The Balaban J connectivity index is 1.90. The minimum atomic E-state index is 0.591. The van der Waals surface area contributed by atoms with Crippen LogP contribution >= 0.6 is 0 Å². The molecule has 0 bridgehead atoms. The highest BCUT2D eigenvalue weighted by Gasteiger charge is 2.21. The number of likely N-dealkylation sites (tertiary alicyclic amines) is 1. The molecule has 1 aliphatic heterocycles. The average Bonchev–Trinajstić information content (AvgIpc) is 2.47. The van der Waals surface area contributed by atoms with Crippen molar-refractivity contribution in [2.75, 3.05) is 25.0 Å². The minimum absolute atomic E-state index is 0.591. The van der Waals surface area contributed by atoms with Gasteiger partial charge in [0.15, 0.2) is 0 Å². The van der Waals surface area contributed by atoms with E-state index in [4.69, 9.17) is 4.74 Å². The van der Waals surface area contributed by atoms with Crippen LogP contribution in [-0.2, 0) is 11.3 Å². The Labute approximate surface area is 123 Å². The van der Waals surface area contributed by atoms with Crippen molar-refractivity contribution in [1.82, 2.24) is 4.90 Å². The van der Waals surface area contributed by atoms with Gasteiger partial charge in [-0.15, -0.1) is 0 Å². The van der Waals surface area contributed by atoms with E-state index in [0.717, 1.165) is 6.61 Å². The van der Waals surface area contributed by atoms with E-state index < -0.39 is 0 Å². The number of nitrogens with one attached hydrogen (secondary N) is 1. The van der Waals surface area contributed by atoms with Crippen LogP contribution in [0.1, 0.15) is 39.2 Å². The number of rotatable bonds is 6. The van der Waals surface area contributed by atoms with Gasteiger partial charge in [-0.05, 0) is 39.7 Å². The lowest BCUT2D eigenvalue weighted by atomic mass is 10.0. The van der Waals surface area contributed by atoms with Crippen LogP contribution in [0.2, 0.25) is 0 Å². The summed E-state index contributed by atoms with van der Waals surface area (Å²) >= 11 is 0. The second kappa shape index (κ2) is 7.65. The lowest BCUT2D eigenvalue weighted by Gasteiger charge is -2.35. The fourth-order valence-corrected chi connectivity index (χ4v) is 2.78. The number of piperidine rings is 1. The molecule has 1 heterocycles. The molecule has 3 heteroatoms. The van der Waals surface area contributed by atoms with Gasteiger partial charge in [0, 0.05) is 43.0 Å². The number of para-hydroxylation sites is 1. The molecule has 3 nitrogen and oxygen atoms in total. The predicted molar refractivity (Wildman–Crippen MR) is 85.1 cm³/mol. The summed E-state index contributed by atoms with van der Waals surface area (Å²) in [6, 6.07) is 9.76. The van der Waals surface area contributed by atoms with E-state index in [0.29, 0.717) is 18.7 Å². The number of benzene rings is 1. The maximum absolute atomic E-state index is 5.55. The van der Waals surface area contributed by atoms with Crippen LogP contribution in [0, 0.1) is 0 Å². The van der Waals surface area contributed by atoms with Gasteiger partial charge in [-0.3, -0.25) is 0 Å². The SMILES string of the molecule is CCOCc1ccccc1NC1CCN(C(C)C)CC1. The largest absolute Gasteiger partial charge is 0.382 e. The van der Waals surface area contributed by atoms with Crippen molar-refractivity contribution < 1.29 is 4.74 Å². The molecular formula is C17H28N2O. The molecule has 0 radical (unpaired) electrons. The number of nitrogens with zero attached hydrogens (tertiary/aromatic N) is 1. The second-order valence-corrected chi connectivity index (χ2v) is 5.84. The van der Waals surface area contributed by atoms with Gasteiger partial charge in [-0.25, -0.2) is 0 Å². The van der Waals surface area contributed by atoms with Crippen LogP contribution in [0.15, 0.2) is 24.3 Å². The molecular weight excluding hydrogens is 248 g/mol. The van der Waals surface area contributed by atoms with Gasteiger partial charge in [0.1, 0.15) is 0 Å². The van der Waals surface area contributed by atoms with E-state index in [9.17, 15) is 0 Å². The molecule has 0 aromatic heterocycles. The monoisotopic (exact) mass is 276 g/mol. The van der Waals surface area contributed by atoms with Gasteiger partial charge in [0.2, 0.25) is 0 Å². The van der Waals surface area contributed by atoms with Crippen molar-refractivity contribution >= 4 is 5.69 Å². The van der Waals surface area contributed by atoms with Crippen LogP contribution in [0.4, 0.5) is 5.69 Å². The van der Waals surface area contributed by atoms with Crippen LogP contribution in [-0.4, -0.2) is 36.7 Å². The number of hydrogen-bond donors (Lipinski definition) is 1. The fourth-order valence-electron chi connectivity index (χ4n) is 2.78. The molecule has 1 N–H and O–H groups in total. The van der Waals surface area contributed by atoms with E-state index in [1.54, 1.807) is 0 Å². The first-order chi connectivity index (χ1) is 9.70. The van der Waals surface area contributed by atoms with Crippen molar-refractivity contribution in [2.45, 2.75) is 52.3 Å². The third kappa shape index (κ3) is 4.22. The van der Waals surface area contributed by atoms with E-state index in [1.165, 1.54) is 37.2 Å². The molecule has 0 aliphatic carbocycles. The van der Waals surface area contributed by atoms with Crippen molar-refractivity contribution in [3.8, 4) is 0 Å². The third-order valence-corrected chi connectivity index (χ3v) is 4.10. The minimum Gasteiger partial charge on any atom is -0.382 e. The Kier molecular flexibility index (Phi) is 5.86. The Morgan fingerprint density at radius 2 is 1.95 bits per heavy atom. The average molecular weight is 276 g/mol. The predicted octanol–water partition coefficient (Wildman–Crippen LogP) is 3.51. The maximum atomic E-state index is 5.55. The summed E-state index contributed by atoms with van der Waals surface area (Å²) in [4.78, 5) is 2.56. The van der Waals surface area contributed by atoms with Gasteiger partial charge in [-0.2, -0.15) is 0 Å².